The number of ether oxygens (including phenoxy) is 1. The molecule has 0 spiro atoms. The molecule has 0 aromatic carbocycles. The number of rotatable bonds is 6. The highest BCUT2D eigenvalue weighted by atomic mass is 16.5. The molecule has 5 nitrogen and oxygen atoms in total. The van der Waals surface area contributed by atoms with E-state index in [0.717, 1.165) is 12.3 Å². The monoisotopic (exact) mass is 225 g/mol. The molecule has 1 saturated carbocycles. The van der Waals surface area contributed by atoms with Crippen molar-refractivity contribution >= 4 is 5.97 Å². The number of aromatic carboxylic acids is 1. The van der Waals surface area contributed by atoms with Gasteiger partial charge in [-0.05, 0) is 12.3 Å². The topological polar surface area (TPSA) is 72.6 Å². The van der Waals surface area contributed by atoms with Gasteiger partial charge in [-0.15, -0.1) is 0 Å². The van der Waals surface area contributed by atoms with E-state index in [1.165, 1.54) is 25.3 Å². The van der Waals surface area contributed by atoms with Crippen molar-refractivity contribution in [1.29, 1.82) is 0 Å². The molecule has 0 unspecified atom stereocenters. The third-order valence-electron chi connectivity index (χ3n) is 2.92. The van der Waals surface area contributed by atoms with Gasteiger partial charge in [0.25, 0.3) is 0 Å². The number of aromatic nitrogens is 1. The van der Waals surface area contributed by atoms with E-state index in [1.54, 1.807) is 0 Å². The largest absolute Gasteiger partial charge is 0.476 e. The van der Waals surface area contributed by atoms with Gasteiger partial charge in [0.15, 0.2) is 11.5 Å². The maximum absolute atomic E-state index is 10.5. The lowest BCUT2D eigenvalue weighted by atomic mass is 9.83. The van der Waals surface area contributed by atoms with Crippen LogP contribution >= 0.6 is 0 Å². The second-order valence-electron chi connectivity index (χ2n) is 4.12. The molecule has 1 aliphatic carbocycles. The molecule has 5 heteroatoms. The first-order valence-corrected chi connectivity index (χ1v) is 5.52. The summed E-state index contributed by atoms with van der Waals surface area (Å²) in [5.74, 6) is 0.208. The van der Waals surface area contributed by atoms with Crippen molar-refractivity contribution in [3.8, 4) is 0 Å². The Kier molecular flexibility index (Phi) is 3.56. The van der Waals surface area contributed by atoms with Crippen LogP contribution < -0.4 is 0 Å². The van der Waals surface area contributed by atoms with Gasteiger partial charge in [-0.2, -0.15) is 0 Å². The minimum Gasteiger partial charge on any atom is -0.476 e. The van der Waals surface area contributed by atoms with Crippen molar-refractivity contribution < 1.29 is 19.2 Å². The summed E-state index contributed by atoms with van der Waals surface area (Å²) in [4.78, 5) is 10.5. The van der Waals surface area contributed by atoms with E-state index in [9.17, 15) is 4.79 Å². The van der Waals surface area contributed by atoms with Crippen LogP contribution in [0.2, 0.25) is 0 Å². The van der Waals surface area contributed by atoms with Gasteiger partial charge < -0.3 is 14.4 Å². The summed E-state index contributed by atoms with van der Waals surface area (Å²) < 4.78 is 10.2. The zero-order valence-corrected chi connectivity index (χ0v) is 9.02. The minimum atomic E-state index is -1.08. The molecule has 0 saturated heterocycles. The van der Waals surface area contributed by atoms with Crippen LogP contribution in [0.5, 0.6) is 0 Å². The molecule has 1 aliphatic rings. The number of nitrogens with zero attached hydrogens (tertiary/aromatic N) is 1. The van der Waals surface area contributed by atoms with Crippen LogP contribution in [-0.2, 0) is 11.3 Å². The lowest BCUT2D eigenvalue weighted by Gasteiger charge is -2.24. The standard InChI is InChI=1S/C11H15NO4/c13-11(14)10-6-9(16-12-10)7-15-5-4-8-2-1-3-8/h6,8H,1-5,7H2,(H,13,14). The van der Waals surface area contributed by atoms with Crippen molar-refractivity contribution in [3.63, 3.8) is 0 Å². The smallest absolute Gasteiger partial charge is 0.358 e. The van der Waals surface area contributed by atoms with Crippen molar-refractivity contribution in [2.75, 3.05) is 6.61 Å². The highest BCUT2D eigenvalue weighted by Crippen LogP contribution is 2.29. The molecule has 0 aliphatic heterocycles. The minimum absolute atomic E-state index is 0.0717. The SMILES string of the molecule is O=C(O)c1cc(COCCC2CCC2)on1. The quantitative estimate of drug-likeness (QED) is 0.750. The predicted octanol–water partition coefficient (Wildman–Crippen LogP) is 2.08. The molecule has 1 aromatic heterocycles. The molecule has 0 bridgehead atoms. The Labute approximate surface area is 93.4 Å². The van der Waals surface area contributed by atoms with Crippen LogP contribution in [0.25, 0.3) is 0 Å². The van der Waals surface area contributed by atoms with Crippen LogP contribution in [0.1, 0.15) is 41.9 Å². The molecule has 0 radical (unpaired) electrons. The van der Waals surface area contributed by atoms with E-state index in [4.69, 9.17) is 14.4 Å². The second-order valence-corrected chi connectivity index (χ2v) is 4.12. The summed E-state index contributed by atoms with van der Waals surface area (Å²) in [5.41, 5.74) is -0.0717. The molecule has 0 atom stereocenters. The molecular formula is C11H15NO4. The van der Waals surface area contributed by atoms with Gasteiger partial charge in [0.2, 0.25) is 0 Å². The maximum Gasteiger partial charge on any atom is 0.358 e. The molecular weight excluding hydrogens is 210 g/mol. The van der Waals surface area contributed by atoms with E-state index < -0.39 is 5.97 Å². The van der Waals surface area contributed by atoms with Crippen LogP contribution in [0, 0.1) is 5.92 Å². The third-order valence-corrected chi connectivity index (χ3v) is 2.92. The normalized spacial score (nSPS) is 16.0. The summed E-state index contributed by atoms with van der Waals surface area (Å²) in [6.45, 7) is 1.00. The van der Waals surface area contributed by atoms with Crippen LogP contribution in [0.3, 0.4) is 0 Å². The fourth-order valence-corrected chi connectivity index (χ4v) is 1.69. The summed E-state index contributed by atoms with van der Waals surface area (Å²) in [5, 5.41) is 12.0. The van der Waals surface area contributed by atoms with Gasteiger partial charge in [0, 0.05) is 12.7 Å². The number of carbonyl (C=O) groups is 1. The molecule has 1 fully saturated rings. The van der Waals surface area contributed by atoms with Crippen molar-refractivity contribution in [1.82, 2.24) is 5.16 Å². The fraction of sp³-hybridized carbons (Fsp3) is 0.636. The summed E-state index contributed by atoms with van der Waals surface area (Å²) in [7, 11) is 0. The Bertz CT molecular complexity index is 357. The van der Waals surface area contributed by atoms with Gasteiger partial charge in [-0.3, -0.25) is 0 Å². The maximum atomic E-state index is 10.5. The Hall–Kier alpha value is -1.36. The van der Waals surface area contributed by atoms with Crippen LogP contribution in [0.15, 0.2) is 10.6 Å². The predicted molar refractivity (Wildman–Crippen MR) is 55.1 cm³/mol. The summed E-state index contributed by atoms with van der Waals surface area (Å²) >= 11 is 0. The van der Waals surface area contributed by atoms with Gasteiger partial charge in [-0.1, -0.05) is 24.4 Å². The lowest BCUT2D eigenvalue weighted by molar-refractivity contribution is 0.0682. The first-order chi connectivity index (χ1) is 7.75. The first-order valence-electron chi connectivity index (χ1n) is 5.52. The molecule has 1 N–H and O–H groups in total. The Balaban J connectivity index is 1.66. The number of carboxylic acid groups (broad SMARTS) is 1. The zero-order valence-electron chi connectivity index (χ0n) is 9.02. The lowest BCUT2D eigenvalue weighted by Crippen LogP contribution is -2.13. The summed E-state index contributed by atoms with van der Waals surface area (Å²) in [6.07, 6.45) is 5.05. The molecule has 16 heavy (non-hydrogen) atoms. The summed E-state index contributed by atoms with van der Waals surface area (Å²) in [6, 6.07) is 1.39. The van der Waals surface area contributed by atoms with E-state index >= 15 is 0 Å². The van der Waals surface area contributed by atoms with Crippen LogP contribution in [-0.4, -0.2) is 22.8 Å². The second kappa shape index (κ2) is 5.12. The molecule has 1 heterocycles. The number of hydrogen-bond acceptors (Lipinski definition) is 4. The van der Waals surface area contributed by atoms with Crippen molar-refractivity contribution in [2.24, 2.45) is 5.92 Å². The molecule has 88 valence electrons. The first kappa shape index (κ1) is 11.1. The van der Waals surface area contributed by atoms with Gasteiger partial charge >= 0.3 is 5.97 Å². The van der Waals surface area contributed by atoms with E-state index in [-0.39, 0.29) is 5.69 Å². The highest BCUT2D eigenvalue weighted by Gasteiger charge is 2.17. The molecule has 2 rings (SSSR count). The van der Waals surface area contributed by atoms with Crippen molar-refractivity contribution in [3.05, 3.63) is 17.5 Å². The molecule has 1 aromatic rings. The average Bonchev–Trinajstić information content (AvgIpc) is 2.63. The van der Waals surface area contributed by atoms with Crippen LogP contribution in [0.4, 0.5) is 0 Å². The molecule has 0 amide bonds. The van der Waals surface area contributed by atoms with E-state index in [2.05, 4.69) is 5.16 Å². The fourth-order valence-electron chi connectivity index (χ4n) is 1.69. The van der Waals surface area contributed by atoms with E-state index in [1.807, 2.05) is 0 Å². The Morgan fingerprint density at radius 1 is 1.62 bits per heavy atom. The van der Waals surface area contributed by atoms with Gasteiger partial charge in [0.1, 0.15) is 6.61 Å². The van der Waals surface area contributed by atoms with Gasteiger partial charge in [0.05, 0.1) is 0 Å². The Morgan fingerprint density at radius 2 is 2.44 bits per heavy atom. The third kappa shape index (κ3) is 2.82. The number of hydrogen-bond donors (Lipinski definition) is 1. The van der Waals surface area contributed by atoms with Gasteiger partial charge in [-0.25, -0.2) is 4.79 Å². The highest BCUT2D eigenvalue weighted by molar-refractivity contribution is 5.85. The van der Waals surface area contributed by atoms with Crippen molar-refractivity contribution in [2.45, 2.75) is 32.3 Å². The number of carboxylic acids is 1. The average molecular weight is 225 g/mol. The van der Waals surface area contributed by atoms with E-state index in [0.29, 0.717) is 19.0 Å². The zero-order chi connectivity index (χ0) is 11.4. The Morgan fingerprint density at radius 3 is 3.00 bits per heavy atom.